The van der Waals surface area contributed by atoms with Crippen LogP contribution in [0.2, 0.25) is 0 Å². The Morgan fingerprint density at radius 2 is 1.00 bits per heavy atom. The van der Waals surface area contributed by atoms with Crippen molar-refractivity contribution < 1.29 is 26.4 Å². The van der Waals surface area contributed by atoms with Crippen LogP contribution in [0.25, 0.3) is 21.5 Å². The van der Waals surface area contributed by atoms with E-state index < -0.39 is 20.2 Å². The van der Waals surface area contributed by atoms with Crippen molar-refractivity contribution in [3.05, 3.63) is 84.9 Å². The predicted octanol–water partition coefficient (Wildman–Crippen LogP) is 5.96. The normalized spacial score (nSPS) is 9.43. The maximum atomic E-state index is 9.75. The summed E-state index contributed by atoms with van der Waals surface area (Å²) in [6.07, 6.45) is 0. The predicted molar refractivity (Wildman–Crippen MR) is 81.3 cm³/mol. The SMILES string of the molecule is [F][Ti][F].c1ccc2[cH-]ccc2c1.c1ccc2[cH-]ccc2c1. The summed E-state index contributed by atoms with van der Waals surface area (Å²) < 4.78 is 19.5. The summed E-state index contributed by atoms with van der Waals surface area (Å²) in [5.41, 5.74) is 0. The van der Waals surface area contributed by atoms with Gasteiger partial charge in [-0.25, -0.2) is 0 Å². The van der Waals surface area contributed by atoms with E-state index in [2.05, 4.69) is 84.9 Å². The van der Waals surface area contributed by atoms with Gasteiger partial charge in [-0.2, -0.15) is 35.0 Å². The first-order valence-electron chi connectivity index (χ1n) is 6.52. The third-order valence-electron chi connectivity index (χ3n) is 3.10. The fraction of sp³-hybridized carbons (Fsp3) is 0. The van der Waals surface area contributed by atoms with E-state index >= 15 is 0 Å². The minimum absolute atomic E-state index is 1.33. The minimum atomic E-state index is -2.50. The molecule has 0 atom stereocenters. The molecule has 0 bridgehead atoms. The van der Waals surface area contributed by atoms with Crippen LogP contribution < -0.4 is 0 Å². The molecule has 0 fully saturated rings. The molecule has 0 N–H and O–H groups in total. The summed E-state index contributed by atoms with van der Waals surface area (Å²) in [5.74, 6) is 0. The Kier molecular flexibility index (Phi) is 6.33. The molecule has 0 aliphatic rings. The fourth-order valence-electron chi connectivity index (χ4n) is 2.14. The molecule has 0 aromatic heterocycles. The Labute approximate surface area is 133 Å². The Morgan fingerprint density at radius 3 is 1.38 bits per heavy atom. The molecular formula is C18H14F2Ti-2. The molecule has 4 rings (SSSR count). The summed E-state index contributed by atoms with van der Waals surface area (Å²) in [4.78, 5) is 0. The van der Waals surface area contributed by atoms with Crippen LogP contribution >= 0.6 is 0 Å². The average molecular weight is 316 g/mol. The van der Waals surface area contributed by atoms with Gasteiger partial charge in [0.1, 0.15) is 0 Å². The average Bonchev–Trinajstić information content (AvgIpc) is 3.17. The summed E-state index contributed by atoms with van der Waals surface area (Å²) in [5, 5.41) is 5.32. The summed E-state index contributed by atoms with van der Waals surface area (Å²) >= 11 is -2.50. The van der Waals surface area contributed by atoms with Gasteiger partial charge in [0.05, 0.1) is 0 Å². The second-order valence-electron chi connectivity index (χ2n) is 4.38. The summed E-state index contributed by atoms with van der Waals surface area (Å²) in [6.45, 7) is 0. The molecule has 21 heavy (non-hydrogen) atoms. The van der Waals surface area contributed by atoms with Crippen LogP contribution in [-0.2, 0) is 20.2 Å². The maximum absolute atomic E-state index is 9.75. The molecule has 0 unspecified atom stereocenters. The first-order valence-corrected chi connectivity index (χ1v) is 7.70. The number of fused-ring (bicyclic) bond motifs is 2. The van der Waals surface area contributed by atoms with Gasteiger partial charge < -0.3 is 0 Å². The van der Waals surface area contributed by atoms with E-state index in [-0.39, 0.29) is 0 Å². The third-order valence-corrected chi connectivity index (χ3v) is 3.10. The standard InChI is InChI=1S/2C9H7.2FH.Ti/c2*1-2-5-9-7-3-6-8(9)4-1;;;/h2*1-7H;2*1H;/q2*-1;;;+2/p-2. The van der Waals surface area contributed by atoms with Crippen molar-refractivity contribution in [2.75, 3.05) is 0 Å². The Bertz CT molecular complexity index is 644. The topological polar surface area (TPSA) is 0 Å². The fourth-order valence-corrected chi connectivity index (χ4v) is 2.14. The van der Waals surface area contributed by atoms with Crippen molar-refractivity contribution in [2.24, 2.45) is 0 Å². The number of benzene rings is 2. The van der Waals surface area contributed by atoms with Crippen molar-refractivity contribution in [1.82, 2.24) is 0 Å². The molecule has 4 aromatic rings. The van der Waals surface area contributed by atoms with Crippen molar-refractivity contribution in [3.63, 3.8) is 0 Å². The molecule has 0 saturated heterocycles. The number of rotatable bonds is 0. The molecule has 4 aromatic carbocycles. The van der Waals surface area contributed by atoms with Gasteiger partial charge in [0, 0.05) is 0 Å². The number of hydrogen-bond acceptors (Lipinski definition) is 0. The van der Waals surface area contributed by atoms with Gasteiger partial charge in [-0.1, -0.05) is 12.1 Å². The summed E-state index contributed by atoms with van der Waals surface area (Å²) in [6, 6.07) is 29.3. The van der Waals surface area contributed by atoms with E-state index in [1.54, 1.807) is 0 Å². The zero-order valence-corrected chi connectivity index (χ0v) is 12.9. The van der Waals surface area contributed by atoms with Crippen LogP contribution in [-0.4, -0.2) is 0 Å². The van der Waals surface area contributed by atoms with E-state index in [9.17, 15) is 6.18 Å². The molecule has 0 heterocycles. The second kappa shape index (κ2) is 8.51. The van der Waals surface area contributed by atoms with Crippen LogP contribution in [0.15, 0.2) is 84.9 Å². The summed E-state index contributed by atoms with van der Waals surface area (Å²) in [7, 11) is 0. The van der Waals surface area contributed by atoms with Gasteiger partial charge in [0.25, 0.3) is 0 Å². The smallest absolute Gasteiger partial charge is 0.0809 e. The molecular weight excluding hydrogens is 302 g/mol. The first kappa shape index (κ1) is 15.6. The van der Waals surface area contributed by atoms with Crippen molar-refractivity contribution in [1.29, 1.82) is 0 Å². The van der Waals surface area contributed by atoms with E-state index in [0.29, 0.717) is 0 Å². The molecule has 0 spiro atoms. The first-order chi connectivity index (χ1) is 10.3. The third kappa shape index (κ3) is 4.63. The van der Waals surface area contributed by atoms with Gasteiger partial charge in [-0.3, -0.25) is 0 Å². The van der Waals surface area contributed by atoms with Crippen molar-refractivity contribution in [2.45, 2.75) is 0 Å². The molecule has 0 saturated carbocycles. The number of hydrogen-bond donors (Lipinski definition) is 0. The van der Waals surface area contributed by atoms with E-state index in [4.69, 9.17) is 0 Å². The van der Waals surface area contributed by atoms with Crippen LogP contribution in [0.1, 0.15) is 0 Å². The van der Waals surface area contributed by atoms with Crippen molar-refractivity contribution in [3.8, 4) is 0 Å². The largest absolute Gasteiger partial charge is 0.168 e. The van der Waals surface area contributed by atoms with Crippen LogP contribution in [0.5, 0.6) is 0 Å². The van der Waals surface area contributed by atoms with Gasteiger partial charge in [-0.05, 0) is 0 Å². The molecule has 0 nitrogen and oxygen atoms in total. The Balaban J connectivity index is 0.000000130. The monoisotopic (exact) mass is 316 g/mol. The Morgan fingerprint density at radius 1 is 0.619 bits per heavy atom. The van der Waals surface area contributed by atoms with Gasteiger partial charge in [0.15, 0.2) is 0 Å². The van der Waals surface area contributed by atoms with Crippen LogP contribution in [0.3, 0.4) is 0 Å². The minimum Gasteiger partial charge on any atom is -0.168 e. The van der Waals surface area contributed by atoms with Crippen LogP contribution in [0, 0.1) is 0 Å². The van der Waals surface area contributed by atoms with E-state index in [1.165, 1.54) is 21.5 Å². The van der Waals surface area contributed by atoms with Gasteiger partial charge in [0.2, 0.25) is 0 Å². The molecule has 0 aliphatic heterocycles. The molecule has 106 valence electrons. The quantitative estimate of drug-likeness (QED) is 0.277. The molecule has 0 aliphatic carbocycles. The molecule has 3 heteroatoms. The maximum Gasteiger partial charge on any atom is -0.0809 e. The second-order valence-corrected chi connectivity index (χ2v) is 4.60. The van der Waals surface area contributed by atoms with E-state index in [1.807, 2.05) is 0 Å². The molecule has 0 radical (unpaired) electrons. The van der Waals surface area contributed by atoms with Gasteiger partial charge >= 0.3 is 26.4 Å². The van der Waals surface area contributed by atoms with Gasteiger partial charge in [-0.15, -0.1) is 59.3 Å². The Hall–Kier alpha value is -1.77. The van der Waals surface area contributed by atoms with Crippen LogP contribution in [0.4, 0.5) is 6.18 Å². The number of halogens is 2. The van der Waals surface area contributed by atoms with Crippen molar-refractivity contribution >= 4 is 21.5 Å². The zero-order valence-electron chi connectivity index (χ0n) is 11.3. The molecule has 0 amide bonds. The zero-order chi connectivity index (χ0) is 14.9. The van der Waals surface area contributed by atoms with E-state index in [0.717, 1.165) is 0 Å².